The molecule has 0 fully saturated rings. The van der Waals surface area contributed by atoms with Crippen LogP contribution in [0.25, 0.3) is 0 Å². The summed E-state index contributed by atoms with van der Waals surface area (Å²) in [6.45, 7) is 0. The van der Waals surface area contributed by atoms with Gasteiger partial charge in [0.05, 0.1) is 5.69 Å². The summed E-state index contributed by atoms with van der Waals surface area (Å²) in [4.78, 5) is 8.32. The molecular formula is C11H10BrIN4. The molecule has 0 unspecified atom stereocenters. The van der Waals surface area contributed by atoms with Gasteiger partial charge in [-0.05, 0) is 50.7 Å². The lowest BCUT2D eigenvalue weighted by Gasteiger charge is -2.10. The first-order valence-corrected chi connectivity index (χ1v) is 6.79. The molecule has 0 atom stereocenters. The molecule has 2 N–H and O–H groups in total. The van der Waals surface area contributed by atoms with Gasteiger partial charge in [0.15, 0.2) is 0 Å². The average molecular weight is 405 g/mol. The van der Waals surface area contributed by atoms with Gasteiger partial charge in [-0.3, -0.25) is 0 Å². The number of anilines is 3. The summed E-state index contributed by atoms with van der Waals surface area (Å²) in [6.07, 6.45) is 1.52. The molecule has 2 aromatic rings. The van der Waals surface area contributed by atoms with Gasteiger partial charge in [-0.2, -0.15) is 0 Å². The van der Waals surface area contributed by atoms with Gasteiger partial charge in [0.2, 0.25) is 0 Å². The molecular weight excluding hydrogens is 395 g/mol. The van der Waals surface area contributed by atoms with E-state index in [0.29, 0.717) is 0 Å². The Balaban J connectivity index is 2.34. The molecule has 1 heterocycles. The van der Waals surface area contributed by atoms with Crippen molar-refractivity contribution >= 4 is 55.8 Å². The summed E-state index contributed by atoms with van der Waals surface area (Å²) in [6, 6.07) is 8.03. The number of rotatable bonds is 3. The molecule has 6 heteroatoms. The van der Waals surface area contributed by atoms with Gasteiger partial charge in [-0.25, -0.2) is 9.97 Å². The molecule has 1 aromatic heterocycles. The lowest BCUT2D eigenvalue weighted by molar-refractivity contribution is 1.14. The lowest BCUT2D eigenvalue weighted by Crippen LogP contribution is -2.01. The molecule has 17 heavy (non-hydrogen) atoms. The number of hydrogen-bond donors (Lipinski definition) is 2. The fourth-order valence-corrected chi connectivity index (χ4v) is 2.35. The third-order valence-electron chi connectivity index (χ3n) is 2.15. The van der Waals surface area contributed by atoms with E-state index in [4.69, 9.17) is 0 Å². The molecule has 0 aliphatic heterocycles. The van der Waals surface area contributed by atoms with Crippen molar-refractivity contribution in [3.63, 3.8) is 0 Å². The van der Waals surface area contributed by atoms with Gasteiger partial charge in [0, 0.05) is 10.6 Å². The van der Waals surface area contributed by atoms with E-state index in [2.05, 4.69) is 59.1 Å². The van der Waals surface area contributed by atoms with Gasteiger partial charge >= 0.3 is 0 Å². The van der Waals surface area contributed by atoms with Crippen LogP contribution in [0.1, 0.15) is 0 Å². The predicted octanol–water partition coefficient (Wildman–Crippen LogP) is 3.63. The second kappa shape index (κ2) is 5.63. The molecule has 0 spiro atoms. The van der Waals surface area contributed by atoms with Crippen molar-refractivity contribution in [2.24, 2.45) is 0 Å². The molecule has 0 radical (unpaired) electrons. The van der Waals surface area contributed by atoms with Gasteiger partial charge in [-0.1, -0.05) is 12.1 Å². The fourth-order valence-electron chi connectivity index (χ4n) is 1.32. The smallest absolute Gasteiger partial charge is 0.150 e. The van der Waals surface area contributed by atoms with Crippen LogP contribution in [0.3, 0.4) is 0 Å². The number of nitrogens with zero attached hydrogens (tertiary/aromatic N) is 2. The topological polar surface area (TPSA) is 49.8 Å². The number of hydrogen-bond acceptors (Lipinski definition) is 4. The maximum absolute atomic E-state index is 4.21. The second-order valence-electron chi connectivity index (χ2n) is 3.24. The highest BCUT2D eigenvalue weighted by Crippen LogP contribution is 2.29. The van der Waals surface area contributed by atoms with Crippen LogP contribution in [0.15, 0.2) is 35.1 Å². The minimum Gasteiger partial charge on any atom is -0.372 e. The maximum Gasteiger partial charge on any atom is 0.150 e. The van der Waals surface area contributed by atoms with E-state index in [-0.39, 0.29) is 0 Å². The number of nitrogens with one attached hydrogen (secondary N) is 2. The van der Waals surface area contributed by atoms with Crippen LogP contribution in [0.5, 0.6) is 0 Å². The predicted molar refractivity (Wildman–Crippen MR) is 81.7 cm³/mol. The third-order valence-corrected chi connectivity index (χ3v) is 3.85. The minimum absolute atomic E-state index is 0.744. The van der Waals surface area contributed by atoms with Crippen LogP contribution < -0.4 is 10.6 Å². The zero-order chi connectivity index (χ0) is 12.3. The zero-order valence-electron chi connectivity index (χ0n) is 9.04. The molecule has 0 saturated heterocycles. The highest BCUT2D eigenvalue weighted by molar-refractivity contribution is 14.1. The summed E-state index contributed by atoms with van der Waals surface area (Å²) in [5.74, 6) is 1.50. The Labute approximate surface area is 122 Å². The molecule has 1 aromatic carbocycles. The number of benzene rings is 1. The number of para-hydroxylation sites is 1. The van der Waals surface area contributed by atoms with E-state index in [1.165, 1.54) is 6.33 Å². The van der Waals surface area contributed by atoms with Gasteiger partial charge < -0.3 is 10.6 Å². The molecule has 88 valence electrons. The van der Waals surface area contributed by atoms with Gasteiger partial charge in [0.1, 0.15) is 22.4 Å². The van der Waals surface area contributed by atoms with E-state index < -0.39 is 0 Å². The van der Waals surface area contributed by atoms with Crippen LogP contribution >= 0.6 is 38.5 Å². The van der Waals surface area contributed by atoms with E-state index in [0.717, 1.165) is 25.4 Å². The van der Waals surface area contributed by atoms with Gasteiger partial charge in [0.25, 0.3) is 0 Å². The van der Waals surface area contributed by atoms with Crippen LogP contribution in [-0.2, 0) is 0 Å². The molecule has 0 aliphatic carbocycles. The van der Waals surface area contributed by atoms with E-state index in [9.17, 15) is 0 Å². The third kappa shape index (κ3) is 2.86. The second-order valence-corrected chi connectivity index (χ2v) is 5.19. The normalized spacial score (nSPS) is 10.1. The highest BCUT2D eigenvalue weighted by Gasteiger charge is 2.08. The Morgan fingerprint density at radius 3 is 2.59 bits per heavy atom. The molecule has 0 amide bonds. The fraction of sp³-hybridized carbons (Fsp3) is 0.0909. The summed E-state index contributed by atoms with van der Waals surface area (Å²) in [5, 5.41) is 6.27. The molecule has 0 saturated carbocycles. The van der Waals surface area contributed by atoms with Crippen molar-refractivity contribution in [2.45, 2.75) is 0 Å². The standard InChI is InChI=1S/C11H10BrIN4/c1-14-10-9(12)11(16-6-15-10)17-8-5-3-2-4-7(8)13/h2-6H,1H3,(H2,14,15,16,17). The van der Waals surface area contributed by atoms with Crippen molar-refractivity contribution < 1.29 is 0 Å². The van der Waals surface area contributed by atoms with E-state index in [1.54, 1.807) is 0 Å². The van der Waals surface area contributed by atoms with Crippen molar-refractivity contribution in [3.05, 3.63) is 38.6 Å². The lowest BCUT2D eigenvalue weighted by atomic mass is 10.3. The van der Waals surface area contributed by atoms with Gasteiger partial charge in [-0.15, -0.1) is 0 Å². The zero-order valence-corrected chi connectivity index (χ0v) is 12.8. The maximum atomic E-state index is 4.21. The van der Waals surface area contributed by atoms with E-state index in [1.807, 2.05) is 31.3 Å². The summed E-state index contributed by atoms with van der Waals surface area (Å²) in [7, 11) is 1.82. The molecule has 0 bridgehead atoms. The Morgan fingerprint density at radius 2 is 1.88 bits per heavy atom. The largest absolute Gasteiger partial charge is 0.372 e. The molecule has 0 aliphatic rings. The summed E-state index contributed by atoms with van der Waals surface area (Å²) >= 11 is 5.75. The van der Waals surface area contributed by atoms with Crippen LogP contribution in [0.4, 0.5) is 17.3 Å². The average Bonchev–Trinajstić information content (AvgIpc) is 2.34. The Bertz CT molecular complexity index is 533. The van der Waals surface area contributed by atoms with Crippen LogP contribution in [-0.4, -0.2) is 17.0 Å². The first-order valence-electron chi connectivity index (χ1n) is 4.92. The Hall–Kier alpha value is -0.890. The van der Waals surface area contributed by atoms with Crippen LogP contribution in [0, 0.1) is 3.57 Å². The van der Waals surface area contributed by atoms with Crippen LogP contribution in [0.2, 0.25) is 0 Å². The Morgan fingerprint density at radius 1 is 1.18 bits per heavy atom. The summed E-state index contributed by atoms with van der Waals surface area (Å²) < 4.78 is 1.96. The first-order chi connectivity index (χ1) is 8.22. The van der Waals surface area contributed by atoms with Crippen molar-refractivity contribution in [1.29, 1.82) is 0 Å². The number of halogens is 2. The molecule has 2 rings (SSSR count). The first kappa shape index (κ1) is 12.6. The SMILES string of the molecule is CNc1ncnc(Nc2ccccc2I)c1Br. The quantitative estimate of drug-likeness (QED) is 0.767. The van der Waals surface area contributed by atoms with Crippen molar-refractivity contribution in [3.8, 4) is 0 Å². The van der Waals surface area contributed by atoms with Crippen molar-refractivity contribution in [1.82, 2.24) is 9.97 Å². The number of aromatic nitrogens is 2. The van der Waals surface area contributed by atoms with Crippen molar-refractivity contribution in [2.75, 3.05) is 17.7 Å². The van der Waals surface area contributed by atoms with E-state index >= 15 is 0 Å². The monoisotopic (exact) mass is 404 g/mol. The highest BCUT2D eigenvalue weighted by atomic mass is 127. The summed E-state index contributed by atoms with van der Waals surface area (Å²) in [5.41, 5.74) is 1.02. The molecule has 4 nitrogen and oxygen atoms in total. The Kier molecular flexibility index (Phi) is 4.16. The minimum atomic E-state index is 0.744.